The molecule has 0 fully saturated rings. The molecule has 35 heavy (non-hydrogen) atoms. The molecule has 0 saturated carbocycles. The first-order valence-corrected chi connectivity index (χ1v) is 12.5. The second-order valence-corrected chi connectivity index (χ2v) is 9.22. The van der Waals surface area contributed by atoms with Gasteiger partial charge in [0.2, 0.25) is 11.4 Å². The van der Waals surface area contributed by atoms with Crippen LogP contribution >= 0.6 is 11.3 Å². The van der Waals surface area contributed by atoms with E-state index in [2.05, 4.69) is 71.0 Å². The highest BCUT2D eigenvalue weighted by atomic mass is 32.1. The Morgan fingerprint density at radius 2 is 1.86 bits per heavy atom. The molecule has 0 aliphatic carbocycles. The zero-order valence-corrected chi connectivity index (χ0v) is 20.6. The van der Waals surface area contributed by atoms with Crippen LogP contribution in [0.5, 0.6) is 5.75 Å². The Bertz CT molecular complexity index is 1420. The highest BCUT2D eigenvalue weighted by molar-refractivity contribution is 7.18. The van der Waals surface area contributed by atoms with Crippen molar-refractivity contribution in [2.24, 2.45) is 0 Å². The number of hydrogen-bond donors (Lipinski definition) is 0. The number of rotatable bonds is 7. The summed E-state index contributed by atoms with van der Waals surface area (Å²) in [6, 6.07) is 24.9. The number of thiazole rings is 1. The maximum absolute atomic E-state index is 11.3. The van der Waals surface area contributed by atoms with Crippen LogP contribution in [0.2, 0.25) is 0 Å². The molecule has 1 aliphatic heterocycles. The minimum Gasteiger partial charge on any atom is -0.464 e. The fourth-order valence-electron chi connectivity index (χ4n) is 4.26. The summed E-state index contributed by atoms with van der Waals surface area (Å²) in [4.78, 5) is 13.4. The molecular formula is C29H27N2O3S+. The van der Waals surface area contributed by atoms with E-state index in [4.69, 9.17) is 9.47 Å². The van der Waals surface area contributed by atoms with Gasteiger partial charge in [-0.25, -0.2) is 0 Å². The molecule has 0 bridgehead atoms. The molecule has 0 saturated heterocycles. The molecule has 3 aromatic carbocycles. The molecule has 0 N–H and O–H groups in total. The van der Waals surface area contributed by atoms with Crippen molar-refractivity contribution in [2.75, 3.05) is 18.1 Å². The quantitative estimate of drug-likeness (QED) is 0.232. The zero-order chi connectivity index (χ0) is 24.2. The minimum absolute atomic E-state index is 0.279. The molecule has 5 rings (SSSR count). The van der Waals surface area contributed by atoms with Crippen LogP contribution in [0.15, 0.2) is 90.8 Å². The molecule has 5 nitrogen and oxygen atoms in total. The van der Waals surface area contributed by atoms with Crippen LogP contribution in [0.25, 0.3) is 27.4 Å². The maximum Gasteiger partial charge on any atom is 0.302 e. The van der Waals surface area contributed by atoms with Gasteiger partial charge in [0, 0.05) is 19.1 Å². The van der Waals surface area contributed by atoms with Crippen molar-refractivity contribution in [3.8, 4) is 16.9 Å². The molecule has 4 aromatic rings. The molecule has 0 unspecified atom stereocenters. The number of nitrogens with zero attached hydrogens (tertiary/aromatic N) is 2. The van der Waals surface area contributed by atoms with E-state index in [9.17, 15) is 4.79 Å². The van der Waals surface area contributed by atoms with Crippen molar-refractivity contribution in [3.63, 3.8) is 0 Å². The monoisotopic (exact) mass is 483 g/mol. The lowest BCUT2D eigenvalue weighted by molar-refractivity contribution is -0.665. The van der Waals surface area contributed by atoms with Gasteiger partial charge in [-0.05, 0) is 48.4 Å². The van der Waals surface area contributed by atoms with Gasteiger partial charge < -0.3 is 14.4 Å². The van der Waals surface area contributed by atoms with E-state index < -0.39 is 0 Å². The van der Waals surface area contributed by atoms with Crippen LogP contribution in [-0.2, 0) is 16.1 Å². The third-order valence-corrected chi connectivity index (χ3v) is 7.02. The molecular weight excluding hydrogens is 456 g/mol. The molecule has 176 valence electrons. The van der Waals surface area contributed by atoms with Gasteiger partial charge in [0.25, 0.3) is 5.01 Å². The summed E-state index contributed by atoms with van der Waals surface area (Å²) >= 11 is 1.77. The van der Waals surface area contributed by atoms with Crippen molar-refractivity contribution in [1.82, 2.24) is 0 Å². The summed E-state index contributed by atoms with van der Waals surface area (Å²) < 4.78 is 15.0. The van der Waals surface area contributed by atoms with E-state index in [0.717, 1.165) is 29.1 Å². The predicted octanol–water partition coefficient (Wildman–Crippen LogP) is 6.19. The highest BCUT2D eigenvalue weighted by Crippen LogP contribution is 2.41. The molecule has 0 atom stereocenters. The zero-order valence-electron chi connectivity index (χ0n) is 19.8. The lowest BCUT2D eigenvalue weighted by Crippen LogP contribution is -2.33. The summed E-state index contributed by atoms with van der Waals surface area (Å²) in [5, 5.41) is 1.18. The van der Waals surface area contributed by atoms with Crippen LogP contribution in [-0.4, -0.2) is 19.1 Å². The molecule has 0 amide bonds. The number of aromatic nitrogens is 1. The van der Waals surface area contributed by atoms with Crippen LogP contribution in [0, 0.1) is 0 Å². The number of para-hydroxylation sites is 1. The highest BCUT2D eigenvalue weighted by Gasteiger charge is 2.26. The second-order valence-electron chi connectivity index (χ2n) is 8.16. The normalized spacial score (nSPS) is 14.0. The number of fused-ring (bicyclic) bond motifs is 2. The lowest BCUT2D eigenvalue weighted by atomic mass is 10.0. The molecule has 1 aliphatic rings. The van der Waals surface area contributed by atoms with Gasteiger partial charge in [-0.15, -0.1) is 0 Å². The minimum atomic E-state index is -0.289. The number of hydrogen-bond acceptors (Lipinski definition) is 5. The number of ether oxygens (including phenoxy) is 2. The van der Waals surface area contributed by atoms with Gasteiger partial charge in [0.05, 0.1) is 12.2 Å². The van der Waals surface area contributed by atoms with Crippen molar-refractivity contribution in [3.05, 3.63) is 95.8 Å². The van der Waals surface area contributed by atoms with Gasteiger partial charge in [0.15, 0.2) is 5.75 Å². The van der Waals surface area contributed by atoms with Gasteiger partial charge in [-0.3, -0.25) is 4.79 Å². The van der Waals surface area contributed by atoms with Crippen LogP contribution in [0.3, 0.4) is 0 Å². The van der Waals surface area contributed by atoms with E-state index in [-0.39, 0.29) is 12.6 Å². The van der Waals surface area contributed by atoms with Crippen LogP contribution in [0.1, 0.15) is 18.9 Å². The Morgan fingerprint density at radius 1 is 1.06 bits per heavy atom. The van der Waals surface area contributed by atoms with Crippen molar-refractivity contribution < 1.29 is 18.8 Å². The number of esters is 1. The van der Waals surface area contributed by atoms with Gasteiger partial charge in [-0.2, -0.15) is 4.57 Å². The van der Waals surface area contributed by atoms with Crippen LogP contribution < -0.4 is 14.2 Å². The van der Waals surface area contributed by atoms with Gasteiger partial charge >= 0.3 is 5.97 Å². The van der Waals surface area contributed by atoms with Crippen molar-refractivity contribution in [1.29, 1.82) is 0 Å². The van der Waals surface area contributed by atoms with Crippen LogP contribution in [0.4, 0.5) is 5.69 Å². The Labute approximate surface area is 209 Å². The molecule has 2 heterocycles. The Balaban J connectivity index is 1.45. The van der Waals surface area contributed by atoms with Gasteiger partial charge in [0.1, 0.15) is 17.9 Å². The van der Waals surface area contributed by atoms with E-state index in [1.807, 2.05) is 36.4 Å². The standard InChI is InChI=1S/C29H27N2O3S/c1-3-30-24-12-7-8-13-27(24)35-29(30)15-9-14-28-31(18-19-33-21(2)32)25-20-23(16-17-26(25)34-28)22-10-5-4-6-11-22/h4-17,20H,3,18-19H2,1-2H3/q+1. The SMILES string of the molecule is CC[n+]1c(/C=C/C=C2\Oc3ccc(-c4ccccc4)cc3N2CCOC(C)=O)sc2ccccc21. The first kappa shape index (κ1) is 22.9. The summed E-state index contributed by atoms with van der Waals surface area (Å²) in [5.74, 6) is 1.21. The molecule has 1 aromatic heterocycles. The predicted molar refractivity (Wildman–Crippen MR) is 141 cm³/mol. The number of carbonyl (C=O) groups excluding carboxylic acids is 1. The molecule has 0 radical (unpaired) electrons. The smallest absolute Gasteiger partial charge is 0.302 e. The third kappa shape index (κ3) is 4.84. The number of benzene rings is 3. The average Bonchev–Trinajstić information content (AvgIpc) is 3.41. The average molecular weight is 484 g/mol. The Hall–Kier alpha value is -3.90. The first-order chi connectivity index (χ1) is 17.1. The first-order valence-electron chi connectivity index (χ1n) is 11.7. The Kier molecular flexibility index (Phi) is 6.64. The van der Waals surface area contributed by atoms with E-state index in [0.29, 0.717) is 12.4 Å². The largest absolute Gasteiger partial charge is 0.464 e. The summed E-state index contributed by atoms with van der Waals surface area (Å²) in [6.45, 7) is 5.27. The lowest BCUT2D eigenvalue weighted by Gasteiger charge is -2.18. The summed E-state index contributed by atoms with van der Waals surface area (Å²) in [5.41, 5.74) is 4.45. The van der Waals surface area contributed by atoms with Gasteiger partial charge in [-0.1, -0.05) is 59.9 Å². The van der Waals surface area contributed by atoms with E-state index >= 15 is 0 Å². The maximum atomic E-state index is 11.3. The number of anilines is 1. The van der Waals surface area contributed by atoms with E-state index in [1.54, 1.807) is 11.3 Å². The number of carbonyl (C=O) groups is 1. The third-order valence-electron chi connectivity index (χ3n) is 5.89. The fourth-order valence-corrected chi connectivity index (χ4v) is 5.40. The topological polar surface area (TPSA) is 42.7 Å². The number of aryl methyl sites for hydroxylation is 1. The molecule has 6 heteroatoms. The van der Waals surface area contributed by atoms with E-state index in [1.165, 1.54) is 22.1 Å². The number of allylic oxidation sites excluding steroid dienone is 2. The second kappa shape index (κ2) is 10.2. The van der Waals surface area contributed by atoms with Crippen molar-refractivity contribution in [2.45, 2.75) is 20.4 Å². The van der Waals surface area contributed by atoms with Crippen molar-refractivity contribution >= 4 is 39.3 Å². The molecule has 0 spiro atoms. The summed E-state index contributed by atoms with van der Waals surface area (Å²) in [6.07, 6.45) is 6.11. The summed E-state index contributed by atoms with van der Waals surface area (Å²) in [7, 11) is 0. The Morgan fingerprint density at radius 3 is 2.66 bits per heavy atom. The fraction of sp³-hybridized carbons (Fsp3) is 0.172.